The molecule has 0 saturated heterocycles. The molecule has 0 bridgehead atoms. The molecule has 1 amide bonds. The minimum atomic E-state index is -4.49. The molecule has 2 rings (SSSR count). The molecule has 0 radical (unpaired) electrons. The van der Waals surface area contributed by atoms with E-state index in [1.165, 1.54) is 11.8 Å². The van der Waals surface area contributed by atoms with Crippen molar-refractivity contribution in [1.82, 2.24) is 4.98 Å². The summed E-state index contributed by atoms with van der Waals surface area (Å²) in [5, 5.41) is 3.23. The number of rotatable bonds is 4. The van der Waals surface area contributed by atoms with Crippen LogP contribution in [0.5, 0.6) is 0 Å². The van der Waals surface area contributed by atoms with Crippen molar-refractivity contribution in [3.63, 3.8) is 0 Å². The zero-order chi connectivity index (χ0) is 16.3. The van der Waals surface area contributed by atoms with Crippen LogP contribution in [0.4, 0.5) is 18.3 Å². The number of alkyl halides is 3. The summed E-state index contributed by atoms with van der Waals surface area (Å²) in [7, 11) is 0. The molecular weight excluding hydrogens is 333 g/mol. The monoisotopic (exact) mass is 346 g/mol. The number of nitrogens with zero attached hydrogens (tertiary/aromatic N) is 1. The largest absolute Gasteiger partial charge is 0.434 e. The Balaban J connectivity index is 1.93. The number of hydrogen-bond acceptors (Lipinski definition) is 4. The topological polar surface area (TPSA) is 42.0 Å². The predicted octanol–water partition coefficient (Wildman–Crippen LogP) is 4.51. The maximum absolute atomic E-state index is 12.4. The molecule has 3 nitrogen and oxygen atoms in total. The number of thiazole rings is 1. The van der Waals surface area contributed by atoms with Gasteiger partial charge < -0.3 is 5.32 Å². The summed E-state index contributed by atoms with van der Waals surface area (Å²) in [5.41, 5.74) is 1.15. The molecule has 1 aromatic heterocycles. The van der Waals surface area contributed by atoms with Crippen molar-refractivity contribution < 1.29 is 18.0 Å². The van der Waals surface area contributed by atoms with Gasteiger partial charge in [0.15, 0.2) is 10.8 Å². The lowest BCUT2D eigenvalue weighted by Crippen LogP contribution is -2.14. The first-order chi connectivity index (χ1) is 10.3. The van der Waals surface area contributed by atoms with Gasteiger partial charge in [0, 0.05) is 10.3 Å². The molecule has 2 aromatic rings. The van der Waals surface area contributed by atoms with Gasteiger partial charge in [-0.1, -0.05) is 17.7 Å². The molecule has 8 heteroatoms. The first kappa shape index (κ1) is 16.8. The Morgan fingerprint density at radius 3 is 2.73 bits per heavy atom. The van der Waals surface area contributed by atoms with Gasteiger partial charge in [0.2, 0.25) is 5.91 Å². The van der Waals surface area contributed by atoms with E-state index in [1.54, 1.807) is 0 Å². The van der Waals surface area contributed by atoms with Gasteiger partial charge in [0.1, 0.15) is 0 Å². The van der Waals surface area contributed by atoms with Crippen LogP contribution in [0.2, 0.25) is 0 Å². The second-order valence-corrected chi connectivity index (χ2v) is 6.52. The summed E-state index contributed by atoms with van der Waals surface area (Å²) in [6.07, 6.45) is -4.49. The molecule has 0 atom stereocenters. The van der Waals surface area contributed by atoms with Crippen LogP contribution in [0.15, 0.2) is 28.5 Å². The fraction of sp³-hybridized carbons (Fsp3) is 0.286. The molecule has 1 aromatic carbocycles. The van der Waals surface area contributed by atoms with Crippen molar-refractivity contribution in [3.05, 3.63) is 40.4 Å². The second-order valence-electron chi connectivity index (χ2n) is 4.64. The highest BCUT2D eigenvalue weighted by atomic mass is 32.2. The van der Waals surface area contributed by atoms with Crippen molar-refractivity contribution in [2.24, 2.45) is 0 Å². The van der Waals surface area contributed by atoms with Crippen LogP contribution in [-0.2, 0) is 11.0 Å². The number of carbonyl (C=O) groups is 1. The Hall–Kier alpha value is -1.54. The summed E-state index contributed by atoms with van der Waals surface area (Å²) in [4.78, 5) is 16.1. The van der Waals surface area contributed by atoms with Gasteiger partial charge in [-0.3, -0.25) is 4.79 Å². The maximum Gasteiger partial charge on any atom is 0.434 e. The lowest BCUT2D eigenvalue weighted by molar-refractivity contribution is -0.140. The standard InChI is InChI=1S/C14H13F3N2OS2/c1-8-3-4-9(2)10(5-8)21-7-12(20)19-13-18-11(6-22-13)14(15,16)17/h3-6H,7H2,1-2H3,(H,18,19,20). The van der Waals surface area contributed by atoms with Crippen LogP contribution in [0.3, 0.4) is 0 Å². The number of thioether (sulfide) groups is 1. The molecule has 22 heavy (non-hydrogen) atoms. The summed E-state index contributed by atoms with van der Waals surface area (Å²) in [6, 6.07) is 5.91. The number of nitrogens with one attached hydrogen (secondary N) is 1. The molecule has 1 N–H and O–H groups in total. The van der Waals surface area contributed by atoms with E-state index in [1.807, 2.05) is 32.0 Å². The fourth-order valence-corrected chi connectivity index (χ4v) is 3.28. The van der Waals surface area contributed by atoms with Crippen molar-refractivity contribution in [2.75, 3.05) is 11.1 Å². The minimum absolute atomic E-state index is 0.0427. The molecular formula is C14H13F3N2OS2. The van der Waals surface area contributed by atoms with Gasteiger partial charge in [-0.2, -0.15) is 13.2 Å². The summed E-state index contributed by atoms with van der Waals surface area (Å²) >= 11 is 2.10. The Morgan fingerprint density at radius 1 is 1.36 bits per heavy atom. The summed E-state index contributed by atoms with van der Waals surface area (Å²) in [6.45, 7) is 3.90. The van der Waals surface area contributed by atoms with Gasteiger partial charge in [-0.05, 0) is 25.5 Å². The van der Waals surface area contributed by atoms with Crippen molar-refractivity contribution in [2.45, 2.75) is 24.9 Å². The molecule has 0 spiro atoms. The number of amides is 1. The number of halogens is 3. The van der Waals surface area contributed by atoms with Gasteiger partial charge >= 0.3 is 6.18 Å². The van der Waals surface area contributed by atoms with E-state index < -0.39 is 11.9 Å². The molecule has 0 fully saturated rings. The number of hydrogen-bond donors (Lipinski definition) is 1. The Bertz CT molecular complexity index is 683. The zero-order valence-electron chi connectivity index (χ0n) is 11.8. The predicted molar refractivity (Wildman–Crippen MR) is 82.4 cm³/mol. The molecule has 118 valence electrons. The maximum atomic E-state index is 12.4. The normalized spacial score (nSPS) is 11.5. The fourth-order valence-electron chi connectivity index (χ4n) is 1.62. The third kappa shape index (κ3) is 4.48. The molecule has 0 aliphatic rings. The quantitative estimate of drug-likeness (QED) is 0.828. The van der Waals surface area contributed by atoms with Crippen molar-refractivity contribution >= 4 is 34.1 Å². The van der Waals surface area contributed by atoms with Crippen LogP contribution >= 0.6 is 23.1 Å². The smallest absolute Gasteiger partial charge is 0.301 e. The molecule has 1 heterocycles. The van der Waals surface area contributed by atoms with Crippen molar-refractivity contribution in [3.8, 4) is 0 Å². The highest BCUT2D eigenvalue weighted by Crippen LogP contribution is 2.31. The highest BCUT2D eigenvalue weighted by molar-refractivity contribution is 8.00. The highest BCUT2D eigenvalue weighted by Gasteiger charge is 2.33. The van der Waals surface area contributed by atoms with E-state index in [4.69, 9.17) is 0 Å². The van der Waals surface area contributed by atoms with Gasteiger partial charge in [0.25, 0.3) is 0 Å². The summed E-state index contributed by atoms with van der Waals surface area (Å²) < 4.78 is 37.3. The molecule has 0 saturated carbocycles. The lowest BCUT2D eigenvalue weighted by atomic mass is 10.2. The van der Waals surface area contributed by atoms with Gasteiger partial charge in [-0.15, -0.1) is 23.1 Å². The number of anilines is 1. The number of aryl methyl sites for hydroxylation is 2. The Morgan fingerprint density at radius 2 is 2.09 bits per heavy atom. The average molecular weight is 346 g/mol. The first-order valence-corrected chi connectivity index (χ1v) is 8.15. The zero-order valence-corrected chi connectivity index (χ0v) is 13.5. The van der Waals surface area contributed by atoms with Crippen LogP contribution in [-0.4, -0.2) is 16.6 Å². The van der Waals surface area contributed by atoms with E-state index in [0.29, 0.717) is 0 Å². The molecule has 0 unspecified atom stereocenters. The summed E-state index contributed by atoms with van der Waals surface area (Å²) in [5.74, 6) is -0.264. The Labute approximate surface area is 134 Å². The number of carbonyl (C=O) groups excluding carboxylic acids is 1. The van der Waals surface area contributed by atoms with E-state index >= 15 is 0 Å². The van der Waals surface area contributed by atoms with E-state index in [-0.39, 0.29) is 16.8 Å². The van der Waals surface area contributed by atoms with Crippen LogP contribution in [0.1, 0.15) is 16.8 Å². The SMILES string of the molecule is Cc1ccc(C)c(SCC(=O)Nc2nc(C(F)(F)F)cs2)c1. The second kappa shape index (κ2) is 6.70. The average Bonchev–Trinajstić information content (AvgIpc) is 2.88. The first-order valence-electron chi connectivity index (χ1n) is 6.28. The minimum Gasteiger partial charge on any atom is -0.301 e. The molecule has 0 aliphatic heterocycles. The van der Waals surface area contributed by atoms with E-state index in [2.05, 4.69) is 10.3 Å². The third-order valence-electron chi connectivity index (χ3n) is 2.74. The van der Waals surface area contributed by atoms with Crippen molar-refractivity contribution in [1.29, 1.82) is 0 Å². The van der Waals surface area contributed by atoms with Gasteiger partial charge in [0.05, 0.1) is 5.75 Å². The number of aromatic nitrogens is 1. The lowest BCUT2D eigenvalue weighted by Gasteiger charge is -2.06. The number of benzene rings is 1. The Kier molecular flexibility index (Phi) is 5.12. The van der Waals surface area contributed by atoms with E-state index in [0.717, 1.165) is 32.7 Å². The third-order valence-corrected chi connectivity index (χ3v) is 4.66. The van der Waals surface area contributed by atoms with Crippen LogP contribution in [0.25, 0.3) is 0 Å². The van der Waals surface area contributed by atoms with Gasteiger partial charge in [-0.25, -0.2) is 4.98 Å². The van der Waals surface area contributed by atoms with Crippen LogP contribution < -0.4 is 5.32 Å². The molecule has 0 aliphatic carbocycles. The van der Waals surface area contributed by atoms with E-state index in [9.17, 15) is 18.0 Å². The van der Waals surface area contributed by atoms with Crippen LogP contribution in [0, 0.1) is 13.8 Å².